The van der Waals surface area contributed by atoms with Gasteiger partial charge < -0.3 is 24.7 Å². The maximum absolute atomic E-state index is 12.1. The first kappa shape index (κ1) is 25.1. The van der Waals surface area contributed by atoms with Crippen LogP contribution < -0.4 is 5.73 Å². The van der Waals surface area contributed by atoms with Gasteiger partial charge in [-0.15, -0.1) is 0 Å². The van der Waals surface area contributed by atoms with Crippen LogP contribution >= 0.6 is 11.6 Å². The van der Waals surface area contributed by atoms with Gasteiger partial charge in [-0.25, -0.2) is 4.98 Å². The fraction of sp³-hybridized carbons (Fsp3) is 0.636. The number of ether oxygens (including phenoxy) is 4. The maximum Gasteiger partial charge on any atom is 0.303 e. The third-order valence-electron chi connectivity index (χ3n) is 6.13. The fourth-order valence-electron chi connectivity index (χ4n) is 4.78. The molecule has 0 bridgehead atoms. The Bertz CT molecular complexity index is 1130. The smallest absolute Gasteiger partial charge is 0.303 e. The first-order chi connectivity index (χ1) is 16.7. The molecule has 0 aromatic carbocycles. The molecule has 3 heterocycles. The third-order valence-corrected chi connectivity index (χ3v) is 6.30. The number of carbonyl (C=O) groups is 3. The minimum atomic E-state index is -1.08. The standard InChI is InChI=1S/C22H28ClN5O7/c1-10(29)32-9-14-16(33-11(2)30)17(34-12(3)31)21(35-14)28-19(13-7-5-4-6-8-13)25-15-18(24)26-22(23)27-20(15)28/h13-14,16-17,21H,4-9H2,1-3H3,(H2,24,26,27)/t14-,16+,17-,21?/m0/s1. The molecule has 4 rings (SSSR count). The van der Waals surface area contributed by atoms with E-state index in [0.717, 1.165) is 32.1 Å². The molecule has 2 N–H and O–H groups in total. The van der Waals surface area contributed by atoms with Crippen LogP contribution in [-0.4, -0.2) is 62.3 Å². The highest BCUT2D eigenvalue weighted by Gasteiger charge is 2.52. The summed E-state index contributed by atoms with van der Waals surface area (Å²) in [6.45, 7) is 3.51. The monoisotopic (exact) mass is 509 g/mol. The van der Waals surface area contributed by atoms with Crippen molar-refractivity contribution in [3.63, 3.8) is 0 Å². The topological polar surface area (TPSA) is 158 Å². The summed E-state index contributed by atoms with van der Waals surface area (Å²) in [6, 6.07) is 0. The number of aromatic nitrogens is 4. The third kappa shape index (κ3) is 5.32. The van der Waals surface area contributed by atoms with E-state index >= 15 is 0 Å². The van der Waals surface area contributed by atoms with Gasteiger partial charge >= 0.3 is 17.9 Å². The number of nitrogens with two attached hydrogens (primary N) is 1. The van der Waals surface area contributed by atoms with E-state index in [1.54, 1.807) is 4.57 Å². The molecule has 35 heavy (non-hydrogen) atoms. The van der Waals surface area contributed by atoms with E-state index < -0.39 is 42.4 Å². The number of fused-ring (bicyclic) bond motifs is 1. The summed E-state index contributed by atoms with van der Waals surface area (Å²) in [5, 5.41) is -0.0821. The van der Waals surface area contributed by atoms with Crippen LogP contribution in [0.15, 0.2) is 0 Å². The summed E-state index contributed by atoms with van der Waals surface area (Å²) < 4.78 is 24.2. The first-order valence-corrected chi connectivity index (χ1v) is 11.9. The highest BCUT2D eigenvalue weighted by molar-refractivity contribution is 6.28. The van der Waals surface area contributed by atoms with E-state index in [1.165, 1.54) is 20.8 Å². The average molecular weight is 510 g/mol. The van der Waals surface area contributed by atoms with Crippen LogP contribution in [0.1, 0.15) is 70.8 Å². The fourth-order valence-corrected chi connectivity index (χ4v) is 4.96. The van der Waals surface area contributed by atoms with Gasteiger partial charge in [-0.05, 0) is 24.4 Å². The lowest BCUT2D eigenvalue weighted by molar-refractivity contribution is -0.166. The summed E-state index contributed by atoms with van der Waals surface area (Å²) in [6.07, 6.45) is 0.913. The van der Waals surface area contributed by atoms with Gasteiger partial charge in [-0.1, -0.05) is 19.3 Å². The molecule has 1 saturated heterocycles. The Morgan fingerprint density at radius 3 is 2.29 bits per heavy atom. The van der Waals surface area contributed by atoms with E-state index in [0.29, 0.717) is 17.0 Å². The molecule has 12 nitrogen and oxygen atoms in total. The van der Waals surface area contributed by atoms with Crippen LogP contribution in [0.3, 0.4) is 0 Å². The van der Waals surface area contributed by atoms with Gasteiger partial charge in [0.25, 0.3) is 0 Å². The van der Waals surface area contributed by atoms with Crippen molar-refractivity contribution in [1.82, 2.24) is 19.5 Å². The van der Waals surface area contributed by atoms with Crippen LogP contribution in [0.2, 0.25) is 5.28 Å². The summed E-state index contributed by atoms with van der Waals surface area (Å²) in [7, 11) is 0. The Morgan fingerprint density at radius 1 is 1.00 bits per heavy atom. The molecule has 4 atom stereocenters. The van der Waals surface area contributed by atoms with Crippen LogP contribution in [0.5, 0.6) is 0 Å². The molecule has 1 saturated carbocycles. The number of carbonyl (C=O) groups excluding carboxylic acids is 3. The van der Waals surface area contributed by atoms with Gasteiger partial charge in [0, 0.05) is 26.7 Å². The summed E-state index contributed by atoms with van der Waals surface area (Å²) in [4.78, 5) is 48.6. The number of hydrogen-bond donors (Lipinski definition) is 1. The van der Waals surface area contributed by atoms with Crippen molar-refractivity contribution in [1.29, 1.82) is 0 Å². The second-order valence-electron chi connectivity index (χ2n) is 8.74. The Labute approximate surface area is 206 Å². The van der Waals surface area contributed by atoms with E-state index in [-0.39, 0.29) is 23.6 Å². The molecule has 0 spiro atoms. The molecule has 2 aromatic heterocycles. The molecule has 190 valence electrons. The van der Waals surface area contributed by atoms with Gasteiger partial charge in [0.05, 0.1) is 0 Å². The summed E-state index contributed by atoms with van der Waals surface area (Å²) in [5.41, 5.74) is 6.77. The van der Waals surface area contributed by atoms with Crippen LogP contribution in [0, 0.1) is 0 Å². The van der Waals surface area contributed by atoms with Crippen LogP contribution in [0.4, 0.5) is 5.82 Å². The normalized spacial score (nSPS) is 24.9. The van der Waals surface area contributed by atoms with Gasteiger partial charge in [0.2, 0.25) is 5.28 Å². The number of nitrogens with zero attached hydrogens (tertiary/aromatic N) is 4. The van der Waals surface area contributed by atoms with Crippen molar-refractivity contribution in [3.8, 4) is 0 Å². The zero-order valence-corrected chi connectivity index (χ0v) is 20.5. The van der Waals surface area contributed by atoms with Gasteiger partial charge in [-0.2, -0.15) is 9.97 Å². The Kier molecular flexibility index (Phi) is 7.41. The number of nitrogen functional groups attached to an aromatic ring is 1. The van der Waals surface area contributed by atoms with Crippen molar-refractivity contribution < 1.29 is 33.3 Å². The number of imidazole rings is 1. The van der Waals surface area contributed by atoms with Crippen molar-refractivity contribution in [2.24, 2.45) is 0 Å². The second kappa shape index (κ2) is 10.3. The molecule has 0 radical (unpaired) electrons. The predicted molar refractivity (Wildman–Crippen MR) is 122 cm³/mol. The lowest BCUT2D eigenvalue weighted by Crippen LogP contribution is -2.40. The largest absolute Gasteiger partial charge is 0.463 e. The zero-order chi connectivity index (χ0) is 25.3. The molecule has 0 amide bonds. The number of hydrogen-bond acceptors (Lipinski definition) is 11. The van der Waals surface area contributed by atoms with E-state index in [1.807, 2.05) is 0 Å². The highest BCUT2D eigenvalue weighted by atomic mass is 35.5. The molecule has 13 heteroatoms. The molecule has 1 aliphatic carbocycles. The molecule has 2 aliphatic rings. The highest BCUT2D eigenvalue weighted by Crippen LogP contribution is 2.41. The quantitative estimate of drug-likeness (QED) is 0.346. The Balaban J connectivity index is 1.86. The lowest BCUT2D eigenvalue weighted by atomic mass is 9.88. The number of anilines is 1. The zero-order valence-electron chi connectivity index (χ0n) is 19.7. The van der Waals surface area contributed by atoms with Crippen LogP contribution in [-0.2, 0) is 33.3 Å². The van der Waals surface area contributed by atoms with E-state index in [4.69, 9.17) is 41.3 Å². The van der Waals surface area contributed by atoms with Gasteiger partial charge in [-0.3, -0.25) is 19.0 Å². The first-order valence-electron chi connectivity index (χ1n) is 11.5. The number of rotatable bonds is 6. The molecular formula is C22H28ClN5O7. The van der Waals surface area contributed by atoms with Crippen molar-refractivity contribution >= 4 is 46.5 Å². The minimum Gasteiger partial charge on any atom is -0.463 e. The van der Waals surface area contributed by atoms with Gasteiger partial charge in [0.1, 0.15) is 18.5 Å². The number of halogens is 1. The van der Waals surface area contributed by atoms with Gasteiger partial charge in [0.15, 0.2) is 35.4 Å². The Hall–Kier alpha value is -2.99. The van der Waals surface area contributed by atoms with E-state index in [2.05, 4.69) is 9.97 Å². The maximum atomic E-state index is 12.1. The van der Waals surface area contributed by atoms with Crippen molar-refractivity contribution in [2.75, 3.05) is 12.3 Å². The molecular weight excluding hydrogens is 482 g/mol. The molecule has 2 fully saturated rings. The number of esters is 3. The minimum absolute atomic E-state index is 0.0670. The summed E-state index contributed by atoms with van der Waals surface area (Å²) in [5.74, 6) is -0.944. The van der Waals surface area contributed by atoms with Crippen molar-refractivity contribution in [3.05, 3.63) is 11.1 Å². The predicted octanol–water partition coefficient (Wildman–Crippen LogP) is 2.43. The van der Waals surface area contributed by atoms with Crippen molar-refractivity contribution in [2.45, 2.75) is 83.3 Å². The SMILES string of the molecule is CC(=O)OC[C@@H]1OC(n2c(C3CCCCC3)nc3c(N)nc(Cl)nc32)[C@@H](OC(C)=O)[C@@H]1OC(C)=O. The average Bonchev–Trinajstić information content (AvgIpc) is 3.31. The van der Waals surface area contributed by atoms with E-state index in [9.17, 15) is 14.4 Å². The Morgan fingerprint density at radius 2 is 1.66 bits per heavy atom. The lowest BCUT2D eigenvalue weighted by Gasteiger charge is -2.27. The second-order valence-corrected chi connectivity index (χ2v) is 9.08. The van der Waals surface area contributed by atoms with Crippen LogP contribution in [0.25, 0.3) is 11.2 Å². The molecule has 1 aliphatic heterocycles. The molecule has 1 unspecified atom stereocenters. The summed E-state index contributed by atoms with van der Waals surface area (Å²) >= 11 is 6.13. The molecule has 2 aromatic rings.